The maximum absolute atomic E-state index is 12.9. The standard InChI is InChI=1S/C25H31N3O3S2/c1-17-18(2)31-25(30-17,19-10-12-20(13-11-19)28-14-5-6-15-28)16-26-24(29)27-23-21(32-3)8-7-9-22(23)33-4/h5-13,17-18H,14-16H2,1-4H3,(H2,26,27,29)/t17-,18-/m0/s1. The minimum absolute atomic E-state index is 0.0855. The second-order valence-electron chi connectivity index (χ2n) is 8.17. The van der Waals surface area contributed by atoms with E-state index < -0.39 is 5.79 Å². The predicted octanol–water partition coefficient (Wildman–Crippen LogP) is 5.30. The zero-order valence-corrected chi connectivity index (χ0v) is 21.1. The topological polar surface area (TPSA) is 62.8 Å². The van der Waals surface area contributed by atoms with Crippen LogP contribution in [0.15, 0.2) is 64.4 Å². The largest absolute Gasteiger partial charge is 0.364 e. The van der Waals surface area contributed by atoms with E-state index in [1.807, 2.05) is 56.7 Å². The van der Waals surface area contributed by atoms with Crippen molar-refractivity contribution in [3.8, 4) is 0 Å². The lowest BCUT2D eigenvalue weighted by Crippen LogP contribution is -2.43. The lowest BCUT2D eigenvalue weighted by molar-refractivity contribution is -0.176. The summed E-state index contributed by atoms with van der Waals surface area (Å²) in [4.78, 5) is 17.2. The molecule has 0 radical (unpaired) electrons. The summed E-state index contributed by atoms with van der Waals surface area (Å²) in [5, 5.41) is 6.01. The first kappa shape index (κ1) is 24.0. The van der Waals surface area contributed by atoms with Gasteiger partial charge in [-0.05, 0) is 50.6 Å². The van der Waals surface area contributed by atoms with Crippen LogP contribution in [0.5, 0.6) is 0 Å². The molecule has 1 fully saturated rings. The number of carbonyl (C=O) groups is 1. The van der Waals surface area contributed by atoms with E-state index in [0.717, 1.165) is 39.8 Å². The van der Waals surface area contributed by atoms with E-state index in [1.165, 1.54) is 0 Å². The number of hydrogen-bond donors (Lipinski definition) is 2. The lowest BCUT2D eigenvalue weighted by Gasteiger charge is -2.30. The van der Waals surface area contributed by atoms with E-state index in [-0.39, 0.29) is 24.8 Å². The molecule has 6 nitrogen and oxygen atoms in total. The normalized spacial score (nSPS) is 21.4. The zero-order valence-electron chi connectivity index (χ0n) is 19.5. The third kappa shape index (κ3) is 5.19. The molecular weight excluding hydrogens is 454 g/mol. The summed E-state index contributed by atoms with van der Waals surface area (Å²) in [6.45, 7) is 6.03. The van der Waals surface area contributed by atoms with Crippen LogP contribution < -0.4 is 15.5 Å². The van der Waals surface area contributed by atoms with Crippen LogP contribution in [-0.2, 0) is 15.3 Å². The molecule has 2 N–H and O–H groups in total. The van der Waals surface area contributed by atoms with Crippen molar-refractivity contribution in [2.24, 2.45) is 0 Å². The van der Waals surface area contributed by atoms with Crippen LogP contribution in [0.1, 0.15) is 19.4 Å². The highest BCUT2D eigenvalue weighted by molar-refractivity contribution is 7.99. The summed E-state index contributed by atoms with van der Waals surface area (Å²) in [6, 6.07) is 14.0. The molecule has 2 aliphatic heterocycles. The summed E-state index contributed by atoms with van der Waals surface area (Å²) in [7, 11) is 0. The van der Waals surface area contributed by atoms with Crippen molar-refractivity contribution < 1.29 is 14.3 Å². The molecule has 0 unspecified atom stereocenters. The molecule has 2 aromatic rings. The maximum atomic E-state index is 12.9. The Balaban J connectivity index is 1.50. The van der Waals surface area contributed by atoms with Gasteiger partial charge in [-0.25, -0.2) is 4.79 Å². The van der Waals surface area contributed by atoms with Crippen LogP contribution in [0.2, 0.25) is 0 Å². The summed E-state index contributed by atoms with van der Waals surface area (Å²) in [5.41, 5.74) is 2.87. The lowest BCUT2D eigenvalue weighted by atomic mass is 10.0. The highest BCUT2D eigenvalue weighted by atomic mass is 32.2. The van der Waals surface area contributed by atoms with Crippen LogP contribution in [0.4, 0.5) is 16.2 Å². The Hall–Kier alpha value is -2.13. The molecule has 4 rings (SSSR count). The van der Waals surface area contributed by atoms with Gasteiger partial charge in [0.15, 0.2) is 0 Å². The third-order valence-electron chi connectivity index (χ3n) is 6.05. The third-order valence-corrected chi connectivity index (χ3v) is 7.61. The smallest absolute Gasteiger partial charge is 0.319 e. The average molecular weight is 486 g/mol. The first-order chi connectivity index (χ1) is 16.0. The fourth-order valence-electron chi connectivity index (χ4n) is 4.09. The van der Waals surface area contributed by atoms with Gasteiger partial charge in [-0.3, -0.25) is 0 Å². The van der Waals surface area contributed by atoms with Gasteiger partial charge in [0.25, 0.3) is 0 Å². The van der Waals surface area contributed by atoms with Crippen molar-refractivity contribution in [2.75, 3.05) is 42.4 Å². The molecule has 0 spiro atoms. The highest BCUT2D eigenvalue weighted by Gasteiger charge is 2.46. The Bertz CT molecular complexity index is 972. The first-order valence-electron chi connectivity index (χ1n) is 11.1. The van der Waals surface area contributed by atoms with Gasteiger partial charge < -0.3 is 25.0 Å². The molecule has 2 aromatic carbocycles. The number of benzene rings is 2. The van der Waals surface area contributed by atoms with Crippen LogP contribution in [0.3, 0.4) is 0 Å². The summed E-state index contributed by atoms with van der Waals surface area (Å²) in [5.74, 6) is -1.03. The van der Waals surface area contributed by atoms with Crippen LogP contribution in [-0.4, -0.2) is 50.4 Å². The fourth-order valence-corrected chi connectivity index (χ4v) is 5.31. The zero-order chi connectivity index (χ0) is 23.4. The maximum Gasteiger partial charge on any atom is 0.319 e. The molecule has 0 bridgehead atoms. The van der Waals surface area contributed by atoms with E-state index in [4.69, 9.17) is 9.47 Å². The van der Waals surface area contributed by atoms with Gasteiger partial charge in [-0.2, -0.15) is 0 Å². The molecule has 2 heterocycles. The molecular formula is C25H31N3O3S2. The number of hydrogen-bond acceptors (Lipinski definition) is 6. The number of carbonyl (C=O) groups excluding carboxylic acids is 1. The number of nitrogens with zero attached hydrogens (tertiary/aromatic N) is 1. The minimum atomic E-state index is -1.03. The van der Waals surface area contributed by atoms with Crippen molar-refractivity contribution >= 4 is 40.9 Å². The van der Waals surface area contributed by atoms with Crippen molar-refractivity contribution in [3.05, 3.63) is 60.2 Å². The minimum Gasteiger partial charge on any atom is -0.364 e. The van der Waals surface area contributed by atoms with Gasteiger partial charge in [-0.15, -0.1) is 23.5 Å². The summed E-state index contributed by atoms with van der Waals surface area (Å²) >= 11 is 3.21. The van der Waals surface area contributed by atoms with Crippen LogP contribution in [0.25, 0.3) is 0 Å². The molecule has 8 heteroatoms. The van der Waals surface area contributed by atoms with Gasteiger partial charge in [0.2, 0.25) is 5.79 Å². The van der Waals surface area contributed by atoms with E-state index in [0.29, 0.717) is 0 Å². The highest BCUT2D eigenvalue weighted by Crippen LogP contribution is 2.38. The van der Waals surface area contributed by atoms with Gasteiger partial charge in [0.1, 0.15) is 0 Å². The molecule has 0 aromatic heterocycles. The monoisotopic (exact) mass is 485 g/mol. The second-order valence-corrected chi connectivity index (χ2v) is 9.86. The molecule has 0 saturated carbocycles. The molecule has 2 amide bonds. The van der Waals surface area contributed by atoms with Gasteiger partial charge in [0.05, 0.1) is 24.4 Å². The molecule has 0 aliphatic carbocycles. The number of ether oxygens (including phenoxy) is 2. The fraction of sp³-hybridized carbons (Fsp3) is 0.400. The molecule has 176 valence electrons. The van der Waals surface area contributed by atoms with Crippen molar-refractivity contribution in [3.63, 3.8) is 0 Å². The second kappa shape index (κ2) is 10.4. The molecule has 33 heavy (non-hydrogen) atoms. The number of rotatable bonds is 7. The number of thioether (sulfide) groups is 2. The Kier molecular flexibility index (Phi) is 7.58. The number of amides is 2. The van der Waals surface area contributed by atoms with Crippen LogP contribution >= 0.6 is 23.5 Å². The molecule has 1 saturated heterocycles. The first-order valence-corrected chi connectivity index (χ1v) is 13.5. The summed E-state index contributed by atoms with van der Waals surface area (Å²) in [6.07, 6.45) is 8.17. The number of para-hydroxylation sites is 1. The molecule has 2 aliphatic rings. The average Bonchev–Trinajstić information content (AvgIpc) is 3.47. The Morgan fingerprint density at radius 1 is 1.00 bits per heavy atom. The van der Waals surface area contributed by atoms with Crippen molar-refractivity contribution in [1.82, 2.24) is 5.32 Å². The van der Waals surface area contributed by atoms with E-state index in [1.54, 1.807) is 23.5 Å². The van der Waals surface area contributed by atoms with E-state index >= 15 is 0 Å². The van der Waals surface area contributed by atoms with Gasteiger partial charge in [-0.1, -0.05) is 30.4 Å². The van der Waals surface area contributed by atoms with E-state index in [9.17, 15) is 4.79 Å². The quantitative estimate of drug-likeness (QED) is 0.410. The number of anilines is 2. The van der Waals surface area contributed by atoms with E-state index in [2.05, 4.69) is 39.8 Å². The Labute approximate surface area is 204 Å². The molecule has 2 atom stereocenters. The Morgan fingerprint density at radius 3 is 2.12 bits per heavy atom. The number of nitrogens with one attached hydrogen (secondary N) is 2. The van der Waals surface area contributed by atoms with Gasteiger partial charge in [0, 0.05) is 34.1 Å². The summed E-state index contributed by atoms with van der Waals surface area (Å²) < 4.78 is 12.6. The van der Waals surface area contributed by atoms with Crippen molar-refractivity contribution in [2.45, 2.75) is 41.6 Å². The Morgan fingerprint density at radius 2 is 1.58 bits per heavy atom. The predicted molar refractivity (Wildman–Crippen MR) is 138 cm³/mol. The van der Waals surface area contributed by atoms with Gasteiger partial charge >= 0.3 is 6.03 Å². The van der Waals surface area contributed by atoms with Crippen LogP contribution in [0, 0.1) is 0 Å². The van der Waals surface area contributed by atoms with Crippen molar-refractivity contribution in [1.29, 1.82) is 0 Å². The number of urea groups is 1. The SMILES string of the molecule is CSc1cccc(SC)c1NC(=O)NCC1(c2ccc(N3CC=CC3)cc2)O[C@@H](C)[C@H](C)O1.